The van der Waals surface area contributed by atoms with Gasteiger partial charge in [-0.15, -0.1) is 11.3 Å². The van der Waals surface area contributed by atoms with Crippen molar-refractivity contribution in [3.05, 3.63) is 64.4 Å². The number of ether oxygens (including phenoxy) is 1. The lowest BCUT2D eigenvalue weighted by atomic mass is 10.1. The highest BCUT2D eigenvalue weighted by atomic mass is 32.1. The minimum Gasteiger partial charge on any atom is -0.455 e. The fourth-order valence-corrected chi connectivity index (χ4v) is 2.16. The molecule has 92 valence electrons. The van der Waals surface area contributed by atoms with Crippen molar-refractivity contribution in [2.75, 3.05) is 0 Å². The van der Waals surface area contributed by atoms with E-state index in [-0.39, 0.29) is 12.1 Å². The Kier molecular flexibility index (Phi) is 4.31. The second kappa shape index (κ2) is 6.17. The minimum absolute atomic E-state index is 0.230. The topological polar surface area (TPSA) is 26.3 Å². The summed E-state index contributed by atoms with van der Waals surface area (Å²) in [6.07, 6.45) is 3.00. The van der Waals surface area contributed by atoms with Gasteiger partial charge < -0.3 is 4.74 Å². The van der Waals surface area contributed by atoms with Gasteiger partial charge in [0.2, 0.25) is 0 Å². The van der Waals surface area contributed by atoms with Crippen LogP contribution in [0.2, 0.25) is 0 Å². The summed E-state index contributed by atoms with van der Waals surface area (Å²) in [5, 5.41) is 1.97. The summed E-state index contributed by atoms with van der Waals surface area (Å²) < 4.78 is 5.31. The molecule has 0 aliphatic heterocycles. The quantitative estimate of drug-likeness (QED) is 0.610. The van der Waals surface area contributed by atoms with Crippen LogP contribution in [0.15, 0.2) is 53.9 Å². The highest BCUT2D eigenvalue weighted by molar-refractivity contribution is 7.10. The van der Waals surface area contributed by atoms with Crippen LogP contribution in [0, 0.1) is 0 Å². The number of hydrogen-bond donors (Lipinski definition) is 0. The van der Waals surface area contributed by atoms with Gasteiger partial charge in [-0.25, -0.2) is 4.79 Å². The Balaban J connectivity index is 1.92. The predicted octanol–water partition coefficient (Wildman–Crippen LogP) is 4.07. The molecule has 1 unspecified atom stereocenters. The van der Waals surface area contributed by atoms with Gasteiger partial charge >= 0.3 is 5.97 Å². The van der Waals surface area contributed by atoms with Crippen LogP contribution in [0.5, 0.6) is 0 Å². The molecule has 0 fully saturated rings. The van der Waals surface area contributed by atoms with Crippen molar-refractivity contribution in [3.8, 4) is 0 Å². The predicted molar refractivity (Wildman–Crippen MR) is 74.3 cm³/mol. The fourth-order valence-electron chi connectivity index (χ4n) is 1.54. The van der Waals surface area contributed by atoms with Crippen LogP contribution in [0.3, 0.4) is 0 Å². The zero-order valence-corrected chi connectivity index (χ0v) is 10.9. The van der Waals surface area contributed by atoms with Crippen LogP contribution in [-0.4, -0.2) is 5.97 Å². The van der Waals surface area contributed by atoms with Crippen LogP contribution >= 0.6 is 11.3 Å². The van der Waals surface area contributed by atoms with Crippen LogP contribution in [0.25, 0.3) is 6.08 Å². The zero-order valence-electron chi connectivity index (χ0n) is 10.1. The van der Waals surface area contributed by atoms with E-state index in [0.717, 1.165) is 10.4 Å². The first-order chi connectivity index (χ1) is 8.75. The summed E-state index contributed by atoms with van der Waals surface area (Å²) in [5.74, 6) is -0.320. The van der Waals surface area contributed by atoms with Crippen molar-refractivity contribution >= 4 is 23.4 Å². The van der Waals surface area contributed by atoms with Crippen molar-refractivity contribution in [2.45, 2.75) is 13.0 Å². The Labute approximate surface area is 111 Å². The van der Waals surface area contributed by atoms with Crippen LogP contribution in [-0.2, 0) is 9.53 Å². The maximum absolute atomic E-state index is 11.6. The van der Waals surface area contributed by atoms with Gasteiger partial charge in [0.15, 0.2) is 0 Å². The summed E-state index contributed by atoms with van der Waals surface area (Å²) in [6, 6.07) is 13.6. The number of carbonyl (C=O) groups is 1. The summed E-state index contributed by atoms with van der Waals surface area (Å²) >= 11 is 1.59. The van der Waals surface area contributed by atoms with Gasteiger partial charge in [-0.3, -0.25) is 0 Å². The van der Waals surface area contributed by atoms with E-state index >= 15 is 0 Å². The van der Waals surface area contributed by atoms with Crippen molar-refractivity contribution in [3.63, 3.8) is 0 Å². The molecule has 0 amide bonds. The van der Waals surface area contributed by atoms with E-state index in [2.05, 4.69) is 0 Å². The smallest absolute Gasteiger partial charge is 0.331 e. The van der Waals surface area contributed by atoms with E-state index in [1.165, 1.54) is 6.08 Å². The molecule has 0 saturated carbocycles. The van der Waals surface area contributed by atoms with Gasteiger partial charge in [-0.1, -0.05) is 36.4 Å². The minimum atomic E-state index is -0.320. The van der Waals surface area contributed by atoms with Gasteiger partial charge in [0.25, 0.3) is 0 Å². The Morgan fingerprint density at radius 3 is 2.67 bits per heavy atom. The molecule has 18 heavy (non-hydrogen) atoms. The van der Waals surface area contributed by atoms with E-state index in [1.807, 2.05) is 54.8 Å². The van der Waals surface area contributed by atoms with E-state index in [9.17, 15) is 4.79 Å². The van der Waals surface area contributed by atoms with E-state index in [1.54, 1.807) is 17.4 Å². The molecule has 0 bridgehead atoms. The van der Waals surface area contributed by atoms with Gasteiger partial charge in [-0.05, 0) is 30.0 Å². The lowest BCUT2D eigenvalue weighted by Gasteiger charge is -2.11. The molecule has 0 spiro atoms. The molecule has 1 aromatic carbocycles. The second-order valence-electron chi connectivity index (χ2n) is 3.84. The average molecular weight is 258 g/mol. The van der Waals surface area contributed by atoms with E-state index < -0.39 is 0 Å². The molecule has 0 N–H and O–H groups in total. The van der Waals surface area contributed by atoms with Crippen molar-refractivity contribution in [1.82, 2.24) is 0 Å². The Hall–Kier alpha value is -1.87. The molecule has 0 aliphatic rings. The number of thiophene rings is 1. The number of hydrogen-bond acceptors (Lipinski definition) is 3. The zero-order chi connectivity index (χ0) is 12.8. The monoisotopic (exact) mass is 258 g/mol. The van der Waals surface area contributed by atoms with Gasteiger partial charge in [0.1, 0.15) is 6.10 Å². The van der Waals surface area contributed by atoms with Crippen molar-refractivity contribution < 1.29 is 9.53 Å². The van der Waals surface area contributed by atoms with E-state index in [4.69, 9.17) is 4.74 Å². The standard InChI is InChI=1S/C15H14O2S/c1-12(13-6-3-2-4-7-13)17-15(16)10-9-14-8-5-11-18-14/h2-12H,1H3. The number of rotatable bonds is 4. The number of carbonyl (C=O) groups excluding carboxylic acids is 1. The normalized spacial score (nSPS) is 12.5. The fraction of sp³-hybridized carbons (Fsp3) is 0.133. The number of benzene rings is 1. The Bertz CT molecular complexity index is 515. The Morgan fingerprint density at radius 2 is 2.00 bits per heavy atom. The van der Waals surface area contributed by atoms with Gasteiger partial charge in [0.05, 0.1) is 0 Å². The molecule has 3 heteroatoms. The molecule has 2 aromatic rings. The lowest BCUT2D eigenvalue weighted by molar-refractivity contribution is -0.142. The molecule has 1 heterocycles. The van der Waals surface area contributed by atoms with Crippen molar-refractivity contribution in [2.24, 2.45) is 0 Å². The maximum atomic E-state index is 11.6. The SMILES string of the molecule is CC(OC(=O)C=Cc1cccs1)c1ccccc1. The maximum Gasteiger partial charge on any atom is 0.331 e. The molecular weight excluding hydrogens is 244 g/mol. The highest BCUT2D eigenvalue weighted by Gasteiger charge is 2.08. The molecule has 0 aliphatic carbocycles. The third-order valence-electron chi connectivity index (χ3n) is 2.49. The molecule has 1 atom stereocenters. The molecule has 1 aromatic heterocycles. The number of esters is 1. The van der Waals surface area contributed by atoms with E-state index in [0.29, 0.717) is 0 Å². The average Bonchev–Trinajstić information content (AvgIpc) is 2.90. The summed E-state index contributed by atoms with van der Waals surface area (Å²) in [7, 11) is 0. The third-order valence-corrected chi connectivity index (χ3v) is 3.33. The first kappa shape index (κ1) is 12.6. The molecule has 0 radical (unpaired) electrons. The molecule has 0 saturated heterocycles. The second-order valence-corrected chi connectivity index (χ2v) is 4.82. The van der Waals surface area contributed by atoms with Crippen LogP contribution in [0.1, 0.15) is 23.5 Å². The van der Waals surface area contributed by atoms with Crippen LogP contribution < -0.4 is 0 Å². The molecule has 2 rings (SSSR count). The molecule has 2 nitrogen and oxygen atoms in total. The third kappa shape index (κ3) is 3.57. The first-order valence-corrected chi connectivity index (χ1v) is 6.61. The largest absolute Gasteiger partial charge is 0.455 e. The van der Waals surface area contributed by atoms with Crippen molar-refractivity contribution in [1.29, 1.82) is 0 Å². The summed E-state index contributed by atoms with van der Waals surface area (Å²) in [6.45, 7) is 1.87. The summed E-state index contributed by atoms with van der Waals surface area (Å²) in [4.78, 5) is 12.7. The lowest BCUT2D eigenvalue weighted by Crippen LogP contribution is -2.05. The first-order valence-electron chi connectivity index (χ1n) is 5.73. The summed E-state index contributed by atoms with van der Waals surface area (Å²) in [5.41, 5.74) is 0.996. The Morgan fingerprint density at radius 1 is 1.22 bits per heavy atom. The van der Waals surface area contributed by atoms with Gasteiger partial charge in [-0.2, -0.15) is 0 Å². The highest BCUT2D eigenvalue weighted by Crippen LogP contribution is 2.17. The molecular formula is C15H14O2S. The van der Waals surface area contributed by atoms with Gasteiger partial charge in [0, 0.05) is 11.0 Å². The van der Waals surface area contributed by atoms with Crippen LogP contribution in [0.4, 0.5) is 0 Å².